The van der Waals surface area contributed by atoms with Gasteiger partial charge in [-0.25, -0.2) is 0 Å². The second kappa shape index (κ2) is 5.58. The van der Waals surface area contributed by atoms with Crippen LogP contribution < -0.4 is 5.32 Å². The lowest BCUT2D eigenvalue weighted by Gasteiger charge is -2.38. The number of anilines is 1. The molecule has 2 aliphatic rings. The molecule has 0 spiro atoms. The van der Waals surface area contributed by atoms with Crippen molar-refractivity contribution < 1.29 is 0 Å². The van der Waals surface area contributed by atoms with Crippen LogP contribution in [0.15, 0.2) is 59.1 Å². The Labute approximate surface area is 140 Å². The van der Waals surface area contributed by atoms with Crippen LogP contribution in [0.2, 0.25) is 0 Å². The highest BCUT2D eigenvalue weighted by Crippen LogP contribution is 2.50. The molecule has 1 aliphatic heterocycles. The first-order valence-corrected chi connectivity index (χ1v) is 8.87. The molecule has 22 heavy (non-hydrogen) atoms. The lowest BCUT2D eigenvalue weighted by Crippen LogP contribution is -2.29. The molecular weight excluding hydrogens is 334 g/mol. The largest absolute Gasteiger partial charge is 0.377 e. The minimum Gasteiger partial charge on any atom is -0.377 e. The van der Waals surface area contributed by atoms with Gasteiger partial charge in [-0.1, -0.05) is 65.3 Å². The van der Waals surface area contributed by atoms with Crippen molar-refractivity contribution in [1.82, 2.24) is 0 Å². The zero-order valence-corrected chi connectivity index (χ0v) is 14.3. The first kappa shape index (κ1) is 14.1. The smallest absolute Gasteiger partial charge is 0.0554 e. The van der Waals surface area contributed by atoms with E-state index >= 15 is 0 Å². The lowest BCUT2D eigenvalue weighted by molar-refractivity contribution is 0.425. The highest BCUT2D eigenvalue weighted by atomic mass is 79.9. The Bertz CT molecular complexity index is 734. The Balaban J connectivity index is 1.83. The molecule has 0 fully saturated rings. The monoisotopic (exact) mass is 353 g/mol. The fraction of sp³-hybridized carbons (Fsp3) is 0.300. The molecule has 2 heteroatoms. The molecule has 1 N–H and O–H groups in total. The van der Waals surface area contributed by atoms with Gasteiger partial charge in [-0.3, -0.25) is 0 Å². The molecule has 0 radical (unpaired) electrons. The van der Waals surface area contributed by atoms with E-state index in [4.69, 9.17) is 0 Å². The Morgan fingerprint density at radius 2 is 2.05 bits per heavy atom. The standard InChI is InChI=1S/C20H20BrN/c1-2-13-6-4-10-17-16-9-5-11-18(16)20(22-19(13)17)14-7-3-8-15(21)12-14/h3-10,12,16,18,20,22H,2,11H2,1H3/t16-,18+,20+/m0/s1. The number of fused-ring (bicyclic) bond motifs is 3. The first-order chi connectivity index (χ1) is 10.8. The van der Waals surface area contributed by atoms with E-state index in [9.17, 15) is 0 Å². The summed E-state index contributed by atoms with van der Waals surface area (Å²) in [5.41, 5.74) is 5.65. The molecule has 0 saturated heterocycles. The summed E-state index contributed by atoms with van der Waals surface area (Å²) < 4.78 is 1.16. The van der Waals surface area contributed by atoms with E-state index in [2.05, 4.69) is 82.8 Å². The van der Waals surface area contributed by atoms with Crippen molar-refractivity contribution in [1.29, 1.82) is 0 Å². The van der Waals surface area contributed by atoms with Gasteiger partial charge in [-0.2, -0.15) is 0 Å². The maximum atomic E-state index is 3.87. The van der Waals surface area contributed by atoms with E-state index < -0.39 is 0 Å². The van der Waals surface area contributed by atoms with Gasteiger partial charge < -0.3 is 5.32 Å². The lowest BCUT2D eigenvalue weighted by atomic mass is 9.76. The Morgan fingerprint density at radius 3 is 2.86 bits per heavy atom. The van der Waals surface area contributed by atoms with E-state index in [0.29, 0.717) is 17.9 Å². The second-order valence-electron chi connectivity index (χ2n) is 6.27. The minimum absolute atomic E-state index is 0.387. The molecule has 1 heterocycles. The van der Waals surface area contributed by atoms with Gasteiger partial charge in [0.2, 0.25) is 0 Å². The molecule has 0 aromatic heterocycles. The molecule has 112 valence electrons. The second-order valence-corrected chi connectivity index (χ2v) is 7.18. The van der Waals surface area contributed by atoms with Gasteiger partial charge in [0.15, 0.2) is 0 Å². The van der Waals surface area contributed by atoms with Crippen LogP contribution in [-0.4, -0.2) is 0 Å². The summed E-state index contributed by atoms with van der Waals surface area (Å²) in [6.45, 7) is 2.24. The minimum atomic E-state index is 0.387. The maximum absolute atomic E-state index is 3.87. The molecule has 3 atom stereocenters. The number of rotatable bonds is 2. The van der Waals surface area contributed by atoms with Crippen molar-refractivity contribution in [2.45, 2.75) is 31.7 Å². The van der Waals surface area contributed by atoms with Crippen LogP contribution in [0.4, 0.5) is 5.69 Å². The average Bonchev–Trinajstić information content (AvgIpc) is 3.03. The number of hydrogen-bond acceptors (Lipinski definition) is 1. The van der Waals surface area contributed by atoms with Crippen LogP contribution >= 0.6 is 15.9 Å². The van der Waals surface area contributed by atoms with Crippen LogP contribution in [0.1, 0.15) is 42.0 Å². The van der Waals surface area contributed by atoms with Gasteiger partial charge in [-0.05, 0) is 47.6 Å². The van der Waals surface area contributed by atoms with Crippen molar-refractivity contribution in [2.75, 3.05) is 5.32 Å². The molecule has 1 nitrogen and oxygen atoms in total. The van der Waals surface area contributed by atoms with Gasteiger partial charge in [-0.15, -0.1) is 0 Å². The summed E-state index contributed by atoms with van der Waals surface area (Å²) in [5, 5.41) is 3.87. The number of halogens is 1. The predicted molar refractivity (Wildman–Crippen MR) is 96.3 cm³/mol. The van der Waals surface area contributed by atoms with E-state index in [-0.39, 0.29) is 0 Å². The molecule has 0 bridgehead atoms. The van der Waals surface area contributed by atoms with Crippen LogP contribution in [0.3, 0.4) is 0 Å². The molecule has 0 saturated carbocycles. The van der Waals surface area contributed by atoms with E-state index in [0.717, 1.165) is 17.3 Å². The van der Waals surface area contributed by atoms with Gasteiger partial charge in [0.25, 0.3) is 0 Å². The molecular formula is C20H20BrN. The number of allylic oxidation sites excluding steroid dienone is 2. The fourth-order valence-electron chi connectivity index (χ4n) is 4.01. The summed E-state index contributed by atoms with van der Waals surface area (Å²) in [6.07, 6.45) is 7.00. The molecule has 4 rings (SSSR count). The zero-order valence-electron chi connectivity index (χ0n) is 12.7. The quantitative estimate of drug-likeness (QED) is 0.668. The number of para-hydroxylation sites is 1. The summed E-state index contributed by atoms with van der Waals surface area (Å²) >= 11 is 3.62. The molecule has 0 unspecified atom stereocenters. The third kappa shape index (κ3) is 2.21. The van der Waals surface area contributed by atoms with Gasteiger partial charge in [0.05, 0.1) is 6.04 Å². The Kier molecular flexibility index (Phi) is 3.57. The van der Waals surface area contributed by atoms with Gasteiger partial charge in [0.1, 0.15) is 0 Å². The topological polar surface area (TPSA) is 12.0 Å². The maximum Gasteiger partial charge on any atom is 0.0554 e. The van der Waals surface area contributed by atoms with Crippen LogP contribution in [0.25, 0.3) is 0 Å². The third-order valence-electron chi connectivity index (χ3n) is 5.07. The molecule has 2 aromatic rings. The van der Waals surface area contributed by atoms with E-state index in [1.165, 1.54) is 22.4 Å². The molecule has 1 aliphatic carbocycles. The zero-order chi connectivity index (χ0) is 15.1. The number of hydrogen-bond donors (Lipinski definition) is 1. The summed E-state index contributed by atoms with van der Waals surface area (Å²) in [5.74, 6) is 1.17. The van der Waals surface area contributed by atoms with Crippen molar-refractivity contribution in [3.8, 4) is 0 Å². The fourth-order valence-corrected chi connectivity index (χ4v) is 4.43. The first-order valence-electron chi connectivity index (χ1n) is 8.08. The Morgan fingerprint density at radius 1 is 1.18 bits per heavy atom. The summed E-state index contributed by atoms with van der Waals surface area (Å²) in [6, 6.07) is 15.9. The van der Waals surface area contributed by atoms with E-state index in [1.54, 1.807) is 0 Å². The molecule has 0 amide bonds. The highest BCUT2D eigenvalue weighted by molar-refractivity contribution is 9.10. The van der Waals surface area contributed by atoms with Crippen molar-refractivity contribution in [3.63, 3.8) is 0 Å². The normalized spacial score (nSPS) is 25.5. The highest BCUT2D eigenvalue weighted by Gasteiger charge is 2.38. The predicted octanol–water partition coefficient (Wildman–Crippen LogP) is 5.84. The number of aryl methyl sites for hydroxylation is 1. The van der Waals surface area contributed by atoms with Crippen LogP contribution in [0, 0.1) is 5.92 Å². The van der Waals surface area contributed by atoms with Crippen molar-refractivity contribution >= 4 is 21.6 Å². The number of benzene rings is 2. The van der Waals surface area contributed by atoms with E-state index in [1.807, 2.05) is 0 Å². The van der Waals surface area contributed by atoms with Crippen molar-refractivity contribution in [3.05, 3.63) is 75.8 Å². The number of nitrogens with one attached hydrogen (secondary N) is 1. The molecule has 2 aromatic carbocycles. The van der Waals surface area contributed by atoms with Gasteiger partial charge >= 0.3 is 0 Å². The third-order valence-corrected chi connectivity index (χ3v) is 5.56. The SMILES string of the molecule is CCc1cccc2c1N[C@H](c1cccc(Br)c1)[C@@H]1CC=C[C@@H]21. The van der Waals surface area contributed by atoms with Crippen LogP contribution in [0.5, 0.6) is 0 Å². The van der Waals surface area contributed by atoms with Crippen molar-refractivity contribution in [2.24, 2.45) is 5.92 Å². The summed E-state index contributed by atoms with van der Waals surface area (Å²) in [4.78, 5) is 0. The average molecular weight is 354 g/mol. The summed E-state index contributed by atoms with van der Waals surface area (Å²) in [7, 11) is 0. The van der Waals surface area contributed by atoms with Gasteiger partial charge in [0, 0.05) is 16.1 Å². The Hall–Kier alpha value is -1.54. The van der Waals surface area contributed by atoms with Crippen LogP contribution in [-0.2, 0) is 6.42 Å².